The van der Waals surface area contributed by atoms with Crippen LogP contribution in [0.15, 0.2) is 18.2 Å². The lowest BCUT2D eigenvalue weighted by Crippen LogP contribution is -2.37. The third-order valence-electron chi connectivity index (χ3n) is 3.23. The number of carbonyl (C=O) groups is 1. The molecule has 1 rings (SSSR count). The highest BCUT2D eigenvalue weighted by molar-refractivity contribution is 7.88. The van der Waals surface area contributed by atoms with Gasteiger partial charge in [0.25, 0.3) is 0 Å². The van der Waals surface area contributed by atoms with Crippen LogP contribution < -0.4 is 10.0 Å². The maximum atomic E-state index is 12.0. The van der Waals surface area contributed by atoms with Gasteiger partial charge in [-0.1, -0.05) is 18.2 Å². The number of benzene rings is 1. The molecule has 0 bridgehead atoms. The van der Waals surface area contributed by atoms with E-state index in [1.807, 2.05) is 26.0 Å². The molecule has 0 aliphatic carbocycles. The van der Waals surface area contributed by atoms with Gasteiger partial charge in [-0.15, -0.1) is 0 Å². The van der Waals surface area contributed by atoms with Gasteiger partial charge < -0.3 is 10.1 Å². The first-order valence-electron chi connectivity index (χ1n) is 7.13. The van der Waals surface area contributed by atoms with Gasteiger partial charge in [0, 0.05) is 20.3 Å². The molecule has 0 atom stereocenters. The fraction of sp³-hybridized carbons (Fsp3) is 0.533. The van der Waals surface area contributed by atoms with Crippen LogP contribution in [0.5, 0.6) is 0 Å². The molecule has 0 spiro atoms. The van der Waals surface area contributed by atoms with E-state index in [4.69, 9.17) is 4.74 Å². The van der Waals surface area contributed by atoms with E-state index in [0.29, 0.717) is 25.1 Å². The van der Waals surface area contributed by atoms with Gasteiger partial charge in [-0.2, -0.15) is 0 Å². The van der Waals surface area contributed by atoms with E-state index in [0.717, 1.165) is 11.1 Å². The van der Waals surface area contributed by atoms with Crippen LogP contribution in [-0.2, 0) is 25.3 Å². The molecule has 0 aliphatic rings. The van der Waals surface area contributed by atoms with Crippen molar-refractivity contribution in [2.24, 2.45) is 0 Å². The van der Waals surface area contributed by atoms with Crippen molar-refractivity contribution in [1.29, 1.82) is 0 Å². The predicted molar refractivity (Wildman–Crippen MR) is 86.0 cm³/mol. The van der Waals surface area contributed by atoms with Gasteiger partial charge in [-0.05, 0) is 37.0 Å². The first kappa shape index (κ1) is 18.6. The number of hydrogen-bond acceptors (Lipinski definition) is 4. The SMILES string of the molecule is COCCCNC(=O)CNS(=O)(=O)Cc1ccc(C)c(C)c1. The fourth-order valence-electron chi connectivity index (χ4n) is 1.85. The molecule has 0 aliphatic heterocycles. The molecule has 0 heterocycles. The predicted octanol–water partition coefficient (Wildman–Crippen LogP) is 0.876. The Kier molecular flexibility index (Phi) is 7.50. The van der Waals surface area contributed by atoms with E-state index in [1.54, 1.807) is 13.2 Å². The number of nitrogens with one attached hydrogen (secondary N) is 2. The molecule has 0 unspecified atom stereocenters. The smallest absolute Gasteiger partial charge is 0.235 e. The Morgan fingerprint density at radius 3 is 2.59 bits per heavy atom. The first-order chi connectivity index (χ1) is 10.3. The van der Waals surface area contributed by atoms with Crippen molar-refractivity contribution in [2.75, 3.05) is 26.8 Å². The van der Waals surface area contributed by atoms with Crippen LogP contribution in [0.2, 0.25) is 0 Å². The van der Waals surface area contributed by atoms with Crippen molar-refractivity contribution in [1.82, 2.24) is 10.0 Å². The molecule has 124 valence electrons. The molecular formula is C15H24N2O4S. The zero-order valence-electron chi connectivity index (χ0n) is 13.3. The van der Waals surface area contributed by atoms with Crippen molar-refractivity contribution in [3.63, 3.8) is 0 Å². The minimum Gasteiger partial charge on any atom is -0.385 e. The second-order valence-corrected chi connectivity index (χ2v) is 7.00. The first-order valence-corrected chi connectivity index (χ1v) is 8.78. The summed E-state index contributed by atoms with van der Waals surface area (Å²) >= 11 is 0. The van der Waals surface area contributed by atoms with E-state index in [1.165, 1.54) is 0 Å². The highest BCUT2D eigenvalue weighted by Crippen LogP contribution is 2.12. The van der Waals surface area contributed by atoms with Crippen molar-refractivity contribution >= 4 is 15.9 Å². The molecule has 0 aromatic heterocycles. The van der Waals surface area contributed by atoms with E-state index in [-0.39, 0.29) is 18.2 Å². The standard InChI is InChI=1S/C15H24N2O4S/c1-12-5-6-14(9-13(12)2)11-22(19,20)17-10-15(18)16-7-4-8-21-3/h5-6,9,17H,4,7-8,10-11H2,1-3H3,(H,16,18). The van der Waals surface area contributed by atoms with Crippen LogP contribution in [0, 0.1) is 13.8 Å². The molecular weight excluding hydrogens is 304 g/mol. The normalized spacial score (nSPS) is 11.4. The van der Waals surface area contributed by atoms with Crippen LogP contribution >= 0.6 is 0 Å². The largest absolute Gasteiger partial charge is 0.385 e. The molecule has 6 nitrogen and oxygen atoms in total. The molecule has 22 heavy (non-hydrogen) atoms. The minimum absolute atomic E-state index is 0.134. The quantitative estimate of drug-likeness (QED) is 0.659. The van der Waals surface area contributed by atoms with Gasteiger partial charge in [-0.25, -0.2) is 13.1 Å². The maximum Gasteiger partial charge on any atom is 0.235 e. The molecule has 1 amide bonds. The van der Waals surface area contributed by atoms with Crippen LogP contribution in [0.25, 0.3) is 0 Å². The number of methoxy groups -OCH3 is 1. The number of rotatable bonds is 9. The lowest BCUT2D eigenvalue weighted by molar-refractivity contribution is -0.120. The van der Waals surface area contributed by atoms with Gasteiger partial charge in [0.05, 0.1) is 12.3 Å². The number of carbonyl (C=O) groups excluding carboxylic acids is 1. The van der Waals surface area contributed by atoms with E-state index < -0.39 is 10.0 Å². The Hall–Kier alpha value is -1.44. The Morgan fingerprint density at radius 1 is 1.23 bits per heavy atom. The Balaban J connectivity index is 2.43. The Morgan fingerprint density at radius 2 is 1.95 bits per heavy atom. The van der Waals surface area contributed by atoms with Gasteiger partial charge >= 0.3 is 0 Å². The van der Waals surface area contributed by atoms with Crippen LogP contribution in [0.1, 0.15) is 23.1 Å². The minimum atomic E-state index is -3.53. The van der Waals surface area contributed by atoms with Gasteiger partial charge in [0.1, 0.15) is 0 Å². The Bertz CT molecular complexity index is 600. The molecule has 0 radical (unpaired) electrons. The monoisotopic (exact) mass is 328 g/mol. The number of amides is 1. The average molecular weight is 328 g/mol. The van der Waals surface area contributed by atoms with Crippen molar-refractivity contribution in [3.8, 4) is 0 Å². The summed E-state index contributed by atoms with van der Waals surface area (Å²) < 4.78 is 31.1. The number of aryl methyl sites for hydroxylation is 2. The summed E-state index contributed by atoms with van der Waals surface area (Å²) in [6.07, 6.45) is 0.692. The third kappa shape index (κ3) is 7.02. The highest BCUT2D eigenvalue weighted by Gasteiger charge is 2.13. The number of hydrogen-bond donors (Lipinski definition) is 2. The number of sulfonamides is 1. The second-order valence-electron chi connectivity index (χ2n) is 5.20. The van der Waals surface area contributed by atoms with Crippen molar-refractivity contribution in [3.05, 3.63) is 34.9 Å². The molecule has 0 fully saturated rings. The van der Waals surface area contributed by atoms with E-state index in [9.17, 15) is 13.2 Å². The zero-order chi connectivity index (χ0) is 16.6. The van der Waals surface area contributed by atoms with Crippen molar-refractivity contribution in [2.45, 2.75) is 26.0 Å². The molecule has 0 saturated heterocycles. The van der Waals surface area contributed by atoms with E-state index >= 15 is 0 Å². The molecule has 7 heteroatoms. The average Bonchev–Trinajstić information content (AvgIpc) is 2.45. The second kappa shape index (κ2) is 8.87. The van der Waals surface area contributed by atoms with Gasteiger partial charge in [0.15, 0.2) is 0 Å². The van der Waals surface area contributed by atoms with E-state index in [2.05, 4.69) is 10.0 Å². The summed E-state index contributed by atoms with van der Waals surface area (Å²) in [7, 11) is -1.94. The number of ether oxygens (including phenoxy) is 1. The zero-order valence-corrected chi connectivity index (χ0v) is 14.1. The van der Waals surface area contributed by atoms with Crippen molar-refractivity contribution < 1.29 is 17.9 Å². The van der Waals surface area contributed by atoms with Crippen LogP contribution in [-0.4, -0.2) is 41.1 Å². The summed E-state index contributed by atoms with van der Waals surface area (Å²) in [4.78, 5) is 11.5. The topological polar surface area (TPSA) is 84.5 Å². The molecule has 1 aromatic carbocycles. The van der Waals surface area contributed by atoms with Gasteiger partial charge in [0.2, 0.25) is 15.9 Å². The maximum absolute atomic E-state index is 12.0. The van der Waals surface area contributed by atoms with Crippen LogP contribution in [0.3, 0.4) is 0 Å². The lowest BCUT2D eigenvalue weighted by atomic mass is 10.1. The molecule has 2 N–H and O–H groups in total. The third-order valence-corrected chi connectivity index (χ3v) is 4.53. The fourth-order valence-corrected chi connectivity index (χ4v) is 2.92. The molecule has 0 saturated carbocycles. The van der Waals surface area contributed by atoms with Gasteiger partial charge in [-0.3, -0.25) is 4.79 Å². The Labute approximate surface area is 132 Å². The summed E-state index contributed by atoms with van der Waals surface area (Å²) in [5.41, 5.74) is 2.87. The van der Waals surface area contributed by atoms with Crippen LogP contribution in [0.4, 0.5) is 0 Å². The summed E-state index contributed by atoms with van der Waals surface area (Å²) in [6.45, 7) is 4.68. The summed E-state index contributed by atoms with van der Waals surface area (Å²) in [5.74, 6) is -0.481. The summed E-state index contributed by atoms with van der Waals surface area (Å²) in [6, 6.07) is 5.52. The summed E-state index contributed by atoms with van der Waals surface area (Å²) in [5, 5.41) is 2.62. The molecule has 1 aromatic rings. The lowest BCUT2D eigenvalue weighted by Gasteiger charge is -2.09. The highest BCUT2D eigenvalue weighted by atomic mass is 32.2.